The summed E-state index contributed by atoms with van der Waals surface area (Å²) in [6.45, 7) is 2.55. The fourth-order valence-corrected chi connectivity index (χ4v) is 3.10. The van der Waals surface area contributed by atoms with Crippen LogP contribution in [0.15, 0.2) is 0 Å². The Balaban J connectivity index is 1.82. The number of carboxylic acid groups (broad SMARTS) is 1. The Morgan fingerprint density at radius 3 is 2.33 bits per heavy atom. The van der Waals surface area contributed by atoms with Gasteiger partial charge in [0.1, 0.15) is 0 Å². The van der Waals surface area contributed by atoms with Crippen molar-refractivity contribution >= 4 is 11.9 Å². The Morgan fingerprint density at radius 1 is 1.17 bits per heavy atom. The number of rotatable bonds is 4. The minimum Gasteiger partial charge on any atom is -0.481 e. The highest BCUT2D eigenvalue weighted by Crippen LogP contribution is 2.36. The minimum atomic E-state index is -0.862. The lowest BCUT2D eigenvalue weighted by atomic mass is 9.82. The molecule has 0 spiro atoms. The van der Waals surface area contributed by atoms with E-state index in [2.05, 4.69) is 5.32 Å². The van der Waals surface area contributed by atoms with Gasteiger partial charge in [0, 0.05) is 6.54 Å². The number of aliphatic hydroxyl groups excluding tert-OH is 1. The Labute approximate surface area is 107 Å². The quantitative estimate of drug-likeness (QED) is 0.687. The molecule has 3 N–H and O–H groups in total. The predicted molar refractivity (Wildman–Crippen MR) is 64.8 cm³/mol. The van der Waals surface area contributed by atoms with Crippen molar-refractivity contribution < 1.29 is 19.8 Å². The van der Waals surface area contributed by atoms with Crippen LogP contribution in [0.1, 0.15) is 32.6 Å². The Morgan fingerprint density at radius 2 is 1.78 bits per heavy atom. The van der Waals surface area contributed by atoms with Gasteiger partial charge < -0.3 is 15.5 Å². The van der Waals surface area contributed by atoms with E-state index >= 15 is 0 Å². The van der Waals surface area contributed by atoms with Gasteiger partial charge >= 0.3 is 5.97 Å². The molecule has 3 atom stereocenters. The molecule has 1 unspecified atom stereocenters. The second-order valence-electron chi connectivity index (χ2n) is 5.86. The molecule has 2 saturated carbocycles. The first-order valence-electron chi connectivity index (χ1n) is 6.66. The molecule has 102 valence electrons. The highest BCUT2D eigenvalue weighted by atomic mass is 16.4. The Kier molecular flexibility index (Phi) is 3.90. The number of carboxylic acids is 1. The van der Waals surface area contributed by atoms with E-state index in [-0.39, 0.29) is 17.9 Å². The molecule has 0 aromatic heterocycles. The van der Waals surface area contributed by atoms with E-state index in [1.54, 1.807) is 0 Å². The number of carbonyl (C=O) groups is 2. The van der Waals surface area contributed by atoms with E-state index < -0.39 is 11.9 Å². The van der Waals surface area contributed by atoms with Crippen LogP contribution in [-0.2, 0) is 9.59 Å². The number of amides is 1. The van der Waals surface area contributed by atoms with Crippen molar-refractivity contribution in [3.8, 4) is 0 Å². The monoisotopic (exact) mass is 255 g/mol. The first-order valence-corrected chi connectivity index (χ1v) is 6.66. The van der Waals surface area contributed by atoms with E-state index in [4.69, 9.17) is 10.2 Å². The first kappa shape index (κ1) is 13.3. The van der Waals surface area contributed by atoms with Crippen molar-refractivity contribution in [3.05, 3.63) is 0 Å². The predicted octanol–water partition coefficient (Wildman–Crippen LogP) is 0.620. The zero-order chi connectivity index (χ0) is 13.3. The molecule has 1 amide bonds. The van der Waals surface area contributed by atoms with Gasteiger partial charge in [-0.05, 0) is 37.5 Å². The first-order chi connectivity index (χ1) is 8.47. The molecule has 0 aliphatic heterocycles. The third kappa shape index (κ3) is 2.83. The van der Waals surface area contributed by atoms with Crippen LogP contribution in [0.2, 0.25) is 0 Å². The van der Waals surface area contributed by atoms with Gasteiger partial charge in [-0.15, -0.1) is 0 Å². The molecule has 0 aromatic rings. The summed E-state index contributed by atoms with van der Waals surface area (Å²) in [5.41, 5.74) is 0. The lowest BCUT2D eigenvalue weighted by molar-refractivity contribution is -0.146. The molecule has 18 heavy (non-hydrogen) atoms. The van der Waals surface area contributed by atoms with E-state index in [1.807, 2.05) is 6.92 Å². The van der Waals surface area contributed by atoms with Crippen molar-refractivity contribution in [2.75, 3.05) is 6.54 Å². The van der Waals surface area contributed by atoms with Crippen molar-refractivity contribution in [1.29, 1.82) is 0 Å². The van der Waals surface area contributed by atoms with Crippen LogP contribution in [0.25, 0.3) is 0 Å². The van der Waals surface area contributed by atoms with Crippen LogP contribution < -0.4 is 5.32 Å². The molecule has 0 bridgehead atoms. The van der Waals surface area contributed by atoms with Gasteiger partial charge in [-0.25, -0.2) is 0 Å². The number of aliphatic hydroxyl groups is 1. The second kappa shape index (κ2) is 5.26. The Bertz CT molecular complexity index is 338. The molecule has 5 nitrogen and oxygen atoms in total. The van der Waals surface area contributed by atoms with Gasteiger partial charge in [0.2, 0.25) is 5.91 Å². The van der Waals surface area contributed by atoms with Crippen LogP contribution >= 0.6 is 0 Å². The number of carbonyl (C=O) groups excluding carboxylic acids is 1. The summed E-state index contributed by atoms with van der Waals surface area (Å²) >= 11 is 0. The van der Waals surface area contributed by atoms with E-state index in [1.165, 1.54) is 0 Å². The van der Waals surface area contributed by atoms with Crippen LogP contribution in [0.5, 0.6) is 0 Å². The minimum absolute atomic E-state index is 0.131. The van der Waals surface area contributed by atoms with Crippen LogP contribution in [-0.4, -0.2) is 34.7 Å². The fourth-order valence-electron chi connectivity index (χ4n) is 3.10. The van der Waals surface area contributed by atoms with Crippen LogP contribution in [0.3, 0.4) is 0 Å². The maximum Gasteiger partial charge on any atom is 0.307 e. The molecule has 2 fully saturated rings. The number of nitrogens with one attached hydrogen (secondary N) is 1. The lowest BCUT2D eigenvalue weighted by Gasteiger charge is -2.31. The molecule has 2 aliphatic rings. The van der Waals surface area contributed by atoms with Gasteiger partial charge in [-0.3, -0.25) is 9.59 Å². The van der Waals surface area contributed by atoms with E-state index in [9.17, 15) is 9.59 Å². The topological polar surface area (TPSA) is 86.6 Å². The van der Waals surface area contributed by atoms with Gasteiger partial charge in [-0.2, -0.15) is 0 Å². The highest BCUT2D eigenvalue weighted by Gasteiger charge is 2.41. The van der Waals surface area contributed by atoms with E-state index in [0.29, 0.717) is 31.2 Å². The maximum absolute atomic E-state index is 12.0. The van der Waals surface area contributed by atoms with Crippen LogP contribution in [0, 0.1) is 23.7 Å². The average Bonchev–Trinajstić information content (AvgIpc) is 2.65. The zero-order valence-electron chi connectivity index (χ0n) is 10.6. The summed E-state index contributed by atoms with van der Waals surface area (Å²) in [6, 6.07) is 0. The lowest BCUT2D eigenvalue weighted by Crippen LogP contribution is -2.42. The fraction of sp³-hybridized carbons (Fsp3) is 0.846. The molecular formula is C13H21NO4. The molecule has 5 heteroatoms. The summed E-state index contributed by atoms with van der Waals surface area (Å²) < 4.78 is 0. The van der Waals surface area contributed by atoms with E-state index in [0.717, 1.165) is 12.8 Å². The maximum atomic E-state index is 12.0. The SMILES string of the molecule is CC1C[C@H](C(=O)NCC2CC(O)C2)[C@H](C(=O)O)C1. The van der Waals surface area contributed by atoms with Gasteiger partial charge in [-0.1, -0.05) is 6.92 Å². The summed E-state index contributed by atoms with van der Waals surface area (Å²) in [4.78, 5) is 23.1. The summed E-state index contributed by atoms with van der Waals surface area (Å²) in [5.74, 6) is -1.26. The van der Waals surface area contributed by atoms with Crippen LogP contribution in [0.4, 0.5) is 0 Å². The number of hydrogen-bond donors (Lipinski definition) is 3. The molecule has 0 radical (unpaired) electrons. The third-order valence-corrected chi connectivity index (χ3v) is 4.23. The number of hydrogen-bond acceptors (Lipinski definition) is 3. The third-order valence-electron chi connectivity index (χ3n) is 4.23. The zero-order valence-corrected chi connectivity index (χ0v) is 10.6. The molecule has 2 rings (SSSR count). The van der Waals surface area contributed by atoms with Crippen molar-refractivity contribution in [3.63, 3.8) is 0 Å². The van der Waals surface area contributed by atoms with Gasteiger partial charge in [0.05, 0.1) is 17.9 Å². The normalized spacial score (nSPS) is 39.1. The molecule has 0 aromatic carbocycles. The van der Waals surface area contributed by atoms with Crippen molar-refractivity contribution in [2.24, 2.45) is 23.7 Å². The molecular weight excluding hydrogens is 234 g/mol. The number of aliphatic carboxylic acids is 1. The van der Waals surface area contributed by atoms with Crippen molar-refractivity contribution in [2.45, 2.75) is 38.7 Å². The second-order valence-corrected chi connectivity index (χ2v) is 5.86. The summed E-state index contributed by atoms with van der Waals surface area (Å²) in [7, 11) is 0. The van der Waals surface area contributed by atoms with Crippen molar-refractivity contribution in [1.82, 2.24) is 5.32 Å². The molecule has 0 heterocycles. The highest BCUT2D eigenvalue weighted by molar-refractivity contribution is 5.85. The average molecular weight is 255 g/mol. The molecule has 0 saturated heterocycles. The largest absolute Gasteiger partial charge is 0.481 e. The smallest absolute Gasteiger partial charge is 0.307 e. The Hall–Kier alpha value is -1.10. The summed E-state index contributed by atoms with van der Waals surface area (Å²) in [5, 5.41) is 21.1. The van der Waals surface area contributed by atoms with Gasteiger partial charge in [0.25, 0.3) is 0 Å². The van der Waals surface area contributed by atoms with Gasteiger partial charge in [0.15, 0.2) is 0 Å². The molecule has 2 aliphatic carbocycles. The standard InChI is InChI=1S/C13H21NO4/c1-7-2-10(11(3-7)13(17)18)12(16)14-6-8-4-9(15)5-8/h7-11,15H,2-6H2,1H3,(H,14,16)(H,17,18)/t7?,8?,9?,10-,11+/m0/s1. The summed E-state index contributed by atoms with van der Waals surface area (Å²) in [6.07, 6.45) is 2.52.